The smallest absolute Gasteiger partial charge is 0.410 e. The second-order valence-electron chi connectivity index (χ2n) is 8.22. The Morgan fingerprint density at radius 3 is 2.54 bits per heavy atom. The van der Waals surface area contributed by atoms with E-state index in [1.807, 2.05) is 30.4 Å². The van der Waals surface area contributed by atoms with Gasteiger partial charge in [0.25, 0.3) is 0 Å². The molecule has 1 saturated carbocycles. The first-order valence-corrected chi connectivity index (χ1v) is 9.93. The molecule has 3 atom stereocenters. The van der Waals surface area contributed by atoms with Crippen molar-refractivity contribution in [2.45, 2.75) is 45.3 Å². The number of likely N-dealkylation sites (tertiary alicyclic amines) is 1. The van der Waals surface area contributed by atoms with Crippen molar-refractivity contribution in [1.29, 1.82) is 0 Å². The van der Waals surface area contributed by atoms with Crippen LogP contribution in [-0.4, -0.2) is 49.4 Å². The molecule has 1 aliphatic heterocycles. The van der Waals surface area contributed by atoms with Crippen LogP contribution in [0.5, 0.6) is 0 Å². The molecule has 9 heteroatoms. The molecule has 0 radical (unpaired) electrons. The number of nitrogens with zero attached hydrogens (tertiary/aromatic N) is 5. The fourth-order valence-corrected chi connectivity index (χ4v) is 4.90. The van der Waals surface area contributed by atoms with Crippen molar-refractivity contribution in [3.05, 3.63) is 10.0 Å². The Balaban J connectivity index is 1.49. The molecule has 2 unspecified atom stereocenters. The zero-order chi connectivity index (χ0) is 18.6. The number of aromatic nitrogens is 4. The lowest BCUT2D eigenvalue weighted by Crippen LogP contribution is -2.36. The van der Waals surface area contributed by atoms with Gasteiger partial charge in [-0.05, 0) is 68.0 Å². The van der Waals surface area contributed by atoms with Crippen LogP contribution in [0.25, 0.3) is 11.0 Å². The number of carbonyl (C=O) groups excluding carboxylic acids is 1. The maximum atomic E-state index is 12.3. The molecule has 2 aliphatic rings. The number of halogens is 1. The minimum atomic E-state index is -0.457. The van der Waals surface area contributed by atoms with Crippen LogP contribution in [-0.2, 0) is 4.74 Å². The van der Waals surface area contributed by atoms with Crippen LogP contribution in [0.3, 0.4) is 0 Å². The zero-order valence-electron chi connectivity index (χ0n) is 15.1. The molecule has 1 amide bonds. The highest BCUT2D eigenvalue weighted by Gasteiger charge is 2.44. The molecule has 26 heavy (non-hydrogen) atoms. The summed E-state index contributed by atoms with van der Waals surface area (Å²) in [5.41, 5.74) is 6.34. The summed E-state index contributed by atoms with van der Waals surface area (Å²) in [6.45, 7) is 7.20. The van der Waals surface area contributed by atoms with Gasteiger partial charge < -0.3 is 15.4 Å². The summed E-state index contributed by atoms with van der Waals surface area (Å²) in [5.74, 6) is 1.42. The Morgan fingerprint density at radius 1 is 1.27 bits per heavy atom. The van der Waals surface area contributed by atoms with Crippen LogP contribution < -0.4 is 5.73 Å². The van der Waals surface area contributed by atoms with Crippen LogP contribution >= 0.6 is 22.6 Å². The van der Waals surface area contributed by atoms with E-state index in [0.717, 1.165) is 40.7 Å². The predicted octanol–water partition coefficient (Wildman–Crippen LogP) is 2.83. The first-order chi connectivity index (χ1) is 12.2. The number of nitrogens with two attached hydrogens (primary N) is 1. The summed E-state index contributed by atoms with van der Waals surface area (Å²) in [6, 6.07) is 0.283. The lowest BCUT2D eigenvalue weighted by Gasteiger charge is -2.25. The average Bonchev–Trinajstić information content (AvgIpc) is 3.17. The Morgan fingerprint density at radius 2 is 1.92 bits per heavy atom. The fourth-order valence-electron chi connectivity index (χ4n) is 4.15. The third-order valence-corrected chi connectivity index (χ3v) is 5.95. The summed E-state index contributed by atoms with van der Waals surface area (Å²) in [5, 5.41) is 5.51. The minimum absolute atomic E-state index is 0.206. The van der Waals surface area contributed by atoms with Crippen molar-refractivity contribution in [1.82, 2.24) is 24.6 Å². The minimum Gasteiger partial charge on any atom is -0.444 e. The van der Waals surface area contributed by atoms with Gasteiger partial charge in [0.2, 0.25) is 0 Å². The van der Waals surface area contributed by atoms with Gasteiger partial charge in [-0.1, -0.05) is 0 Å². The first-order valence-electron chi connectivity index (χ1n) is 8.85. The monoisotopic (exact) mass is 470 g/mol. The van der Waals surface area contributed by atoms with E-state index in [4.69, 9.17) is 10.5 Å². The Bertz CT molecular complexity index is 847. The van der Waals surface area contributed by atoms with Crippen molar-refractivity contribution in [3.63, 3.8) is 0 Å². The van der Waals surface area contributed by atoms with Gasteiger partial charge >= 0.3 is 6.09 Å². The van der Waals surface area contributed by atoms with E-state index in [-0.39, 0.29) is 12.1 Å². The first kappa shape index (κ1) is 17.7. The van der Waals surface area contributed by atoms with Crippen molar-refractivity contribution in [2.75, 3.05) is 18.8 Å². The summed E-state index contributed by atoms with van der Waals surface area (Å²) >= 11 is 2.19. The van der Waals surface area contributed by atoms with Crippen molar-refractivity contribution < 1.29 is 9.53 Å². The molecule has 8 nitrogen and oxygen atoms in total. The number of amides is 1. The van der Waals surface area contributed by atoms with E-state index in [2.05, 4.69) is 37.7 Å². The molecule has 2 N–H and O–H groups in total. The van der Waals surface area contributed by atoms with E-state index in [0.29, 0.717) is 17.7 Å². The van der Waals surface area contributed by atoms with E-state index in [1.54, 1.807) is 0 Å². The topological polar surface area (TPSA) is 99.2 Å². The Hall–Kier alpha value is -1.65. The highest BCUT2D eigenvalue weighted by atomic mass is 127. The number of carbonyl (C=O) groups is 1. The van der Waals surface area contributed by atoms with Crippen LogP contribution in [0.4, 0.5) is 10.6 Å². The lowest BCUT2D eigenvalue weighted by molar-refractivity contribution is 0.0278. The average molecular weight is 470 g/mol. The maximum absolute atomic E-state index is 12.3. The summed E-state index contributed by atoms with van der Waals surface area (Å²) < 4.78 is 8.35. The number of fused-ring (bicyclic) bond motifs is 2. The molecule has 0 bridgehead atoms. The second kappa shape index (κ2) is 6.21. The molecule has 140 valence electrons. The van der Waals surface area contributed by atoms with E-state index in [9.17, 15) is 4.79 Å². The van der Waals surface area contributed by atoms with Gasteiger partial charge in [-0.15, -0.1) is 0 Å². The summed E-state index contributed by atoms with van der Waals surface area (Å²) in [7, 11) is 0. The number of hydrogen-bond donors (Lipinski definition) is 1. The molecule has 4 rings (SSSR count). The molecule has 0 spiro atoms. The highest BCUT2D eigenvalue weighted by Crippen LogP contribution is 2.45. The SMILES string of the molecule is CC(C)(C)OC(=O)N1CC2CC(n3nc(I)c4c(N)ncnc43)C[C@H]2C1. The fraction of sp³-hybridized carbons (Fsp3) is 0.647. The molecule has 2 aromatic heterocycles. The van der Waals surface area contributed by atoms with Crippen LogP contribution in [0.2, 0.25) is 0 Å². The third kappa shape index (κ3) is 3.10. The van der Waals surface area contributed by atoms with Gasteiger partial charge in [0, 0.05) is 13.1 Å². The lowest BCUT2D eigenvalue weighted by atomic mass is 10.0. The highest BCUT2D eigenvalue weighted by molar-refractivity contribution is 14.1. The van der Waals surface area contributed by atoms with Crippen molar-refractivity contribution in [2.24, 2.45) is 11.8 Å². The third-order valence-electron chi connectivity index (χ3n) is 5.20. The van der Waals surface area contributed by atoms with E-state index >= 15 is 0 Å². The quantitative estimate of drug-likeness (QED) is 0.644. The van der Waals surface area contributed by atoms with Crippen molar-refractivity contribution >= 4 is 45.5 Å². The molecule has 1 saturated heterocycles. The number of rotatable bonds is 1. The Labute approximate surface area is 165 Å². The molecule has 2 aromatic rings. The molecule has 3 heterocycles. The van der Waals surface area contributed by atoms with Gasteiger partial charge in [-0.2, -0.15) is 5.10 Å². The van der Waals surface area contributed by atoms with Crippen LogP contribution in [0.15, 0.2) is 6.33 Å². The standard InChI is InChI=1S/C17H23IN6O2/c1-17(2,3)26-16(25)23-6-9-4-11(5-10(9)7-23)24-15-12(13(18)22-24)14(19)20-8-21-15/h8-11H,4-7H2,1-3H3,(H2,19,20,21)/t9-,10?,11?/m0/s1. The number of hydrogen-bond acceptors (Lipinski definition) is 6. The van der Waals surface area contributed by atoms with E-state index in [1.165, 1.54) is 6.33 Å². The summed E-state index contributed by atoms with van der Waals surface area (Å²) in [4.78, 5) is 22.6. The largest absolute Gasteiger partial charge is 0.444 e. The summed E-state index contributed by atoms with van der Waals surface area (Å²) in [6.07, 6.45) is 3.26. The van der Waals surface area contributed by atoms with Crippen LogP contribution in [0, 0.1) is 15.5 Å². The molecule has 0 aromatic carbocycles. The van der Waals surface area contributed by atoms with Gasteiger partial charge in [-0.25, -0.2) is 19.4 Å². The van der Waals surface area contributed by atoms with Gasteiger partial charge in [0.15, 0.2) is 5.65 Å². The Kier molecular flexibility index (Phi) is 4.24. The van der Waals surface area contributed by atoms with Gasteiger partial charge in [0.1, 0.15) is 21.4 Å². The number of anilines is 1. The van der Waals surface area contributed by atoms with Gasteiger partial charge in [0.05, 0.1) is 11.4 Å². The predicted molar refractivity (Wildman–Crippen MR) is 106 cm³/mol. The molecular formula is C17H23IN6O2. The van der Waals surface area contributed by atoms with E-state index < -0.39 is 5.60 Å². The van der Waals surface area contributed by atoms with Crippen molar-refractivity contribution in [3.8, 4) is 0 Å². The van der Waals surface area contributed by atoms with Crippen LogP contribution in [0.1, 0.15) is 39.7 Å². The molecular weight excluding hydrogens is 447 g/mol. The number of nitrogen functional groups attached to an aromatic ring is 1. The second-order valence-corrected chi connectivity index (χ2v) is 9.25. The zero-order valence-corrected chi connectivity index (χ0v) is 17.3. The van der Waals surface area contributed by atoms with Gasteiger partial charge in [-0.3, -0.25) is 0 Å². The molecule has 2 fully saturated rings. The maximum Gasteiger partial charge on any atom is 0.410 e. The normalized spacial score (nSPS) is 25.7. The number of ether oxygens (including phenoxy) is 1. The molecule has 1 aliphatic carbocycles.